The second-order valence-corrected chi connectivity index (χ2v) is 3.44. The van der Waals surface area contributed by atoms with Crippen LogP contribution in [0.3, 0.4) is 0 Å². The molecule has 0 aliphatic heterocycles. The Morgan fingerprint density at radius 3 is 2.40 bits per heavy atom. The summed E-state index contributed by atoms with van der Waals surface area (Å²) in [6.45, 7) is 0.701. The highest BCUT2D eigenvalue weighted by Gasteiger charge is 2.10. The third-order valence-corrected chi connectivity index (χ3v) is 2.11. The Morgan fingerprint density at radius 1 is 1.33 bits per heavy atom. The summed E-state index contributed by atoms with van der Waals surface area (Å²) in [6, 6.07) is 1.59. The van der Waals surface area contributed by atoms with Crippen LogP contribution in [0.25, 0.3) is 0 Å². The van der Waals surface area contributed by atoms with Crippen molar-refractivity contribution in [2.75, 3.05) is 36.9 Å². The summed E-state index contributed by atoms with van der Waals surface area (Å²) in [7, 11) is 0. The van der Waals surface area contributed by atoms with Crippen molar-refractivity contribution < 1.29 is 10.2 Å². The minimum atomic E-state index is -0.0241. The van der Waals surface area contributed by atoms with Gasteiger partial charge in [0.25, 0.3) is 0 Å². The number of hydrogen-bond acceptors (Lipinski definition) is 5. The van der Waals surface area contributed by atoms with Crippen LogP contribution < -0.4 is 10.6 Å². The molecule has 0 unspecified atom stereocenters. The number of hydrogen-bond donors (Lipinski definition) is 3. The van der Waals surface area contributed by atoms with E-state index in [0.29, 0.717) is 29.6 Å². The molecule has 1 heterocycles. The number of aromatic nitrogens is 1. The van der Waals surface area contributed by atoms with E-state index in [1.807, 2.05) is 0 Å². The van der Waals surface area contributed by atoms with Gasteiger partial charge in [0, 0.05) is 19.3 Å². The Bertz CT molecular complexity index is 316. The Labute approximate surface area is 93.1 Å². The maximum Gasteiger partial charge on any atom is 0.152 e. The summed E-state index contributed by atoms with van der Waals surface area (Å²) in [5, 5.41) is 18.2. The largest absolute Gasteiger partial charge is 0.396 e. The molecule has 0 aliphatic rings. The Kier molecular flexibility index (Phi) is 4.61. The van der Waals surface area contributed by atoms with Gasteiger partial charge in [0.15, 0.2) is 5.82 Å². The van der Waals surface area contributed by atoms with Gasteiger partial charge in [-0.25, -0.2) is 4.98 Å². The fourth-order valence-electron chi connectivity index (χ4n) is 1.28. The zero-order valence-electron chi connectivity index (χ0n) is 8.23. The van der Waals surface area contributed by atoms with Crippen LogP contribution >= 0.6 is 11.6 Å². The van der Waals surface area contributed by atoms with Crippen LogP contribution in [-0.2, 0) is 0 Å². The number of aliphatic hydroxyl groups is 2. The summed E-state index contributed by atoms with van der Waals surface area (Å²) in [6.07, 6.45) is 1.48. The molecule has 6 heteroatoms. The van der Waals surface area contributed by atoms with Crippen LogP contribution in [0.2, 0.25) is 5.02 Å². The van der Waals surface area contributed by atoms with Crippen LogP contribution in [0.5, 0.6) is 0 Å². The molecule has 0 atom stereocenters. The molecule has 5 nitrogen and oxygen atoms in total. The lowest BCUT2D eigenvalue weighted by atomic mass is 10.3. The topological polar surface area (TPSA) is 82.6 Å². The molecule has 0 amide bonds. The number of nitrogens with zero attached hydrogens (tertiary/aromatic N) is 2. The SMILES string of the molecule is Nc1cc(Cl)cnc1N(CCO)CCO. The quantitative estimate of drug-likeness (QED) is 0.670. The molecule has 0 fully saturated rings. The van der Waals surface area contributed by atoms with Gasteiger partial charge in [0.1, 0.15) is 0 Å². The van der Waals surface area contributed by atoms with Gasteiger partial charge in [-0.05, 0) is 6.07 Å². The van der Waals surface area contributed by atoms with E-state index in [9.17, 15) is 0 Å². The Hall–Kier alpha value is -1.04. The molecule has 0 aromatic carbocycles. The minimum Gasteiger partial charge on any atom is -0.396 e. The smallest absolute Gasteiger partial charge is 0.152 e. The first-order chi connectivity index (χ1) is 7.19. The molecule has 0 radical (unpaired) electrons. The molecular formula is C9H14ClN3O2. The number of anilines is 2. The van der Waals surface area contributed by atoms with Gasteiger partial charge in [-0.2, -0.15) is 0 Å². The van der Waals surface area contributed by atoms with E-state index in [2.05, 4.69) is 4.98 Å². The van der Waals surface area contributed by atoms with Crippen molar-refractivity contribution in [3.63, 3.8) is 0 Å². The van der Waals surface area contributed by atoms with Gasteiger partial charge < -0.3 is 20.8 Å². The predicted molar refractivity (Wildman–Crippen MR) is 60.0 cm³/mol. The van der Waals surface area contributed by atoms with Gasteiger partial charge in [0.2, 0.25) is 0 Å². The summed E-state index contributed by atoms with van der Waals surface area (Å²) in [5.41, 5.74) is 6.17. The zero-order valence-corrected chi connectivity index (χ0v) is 8.98. The predicted octanol–water partition coefficient (Wildman–Crippen LogP) is 0.108. The van der Waals surface area contributed by atoms with Crippen molar-refractivity contribution in [3.05, 3.63) is 17.3 Å². The van der Waals surface area contributed by atoms with Crippen molar-refractivity contribution in [2.45, 2.75) is 0 Å². The van der Waals surface area contributed by atoms with Crippen molar-refractivity contribution in [1.29, 1.82) is 0 Å². The number of pyridine rings is 1. The van der Waals surface area contributed by atoms with Gasteiger partial charge in [-0.15, -0.1) is 0 Å². The third-order valence-electron chi connectivity index (χ3n) is 1.90. The number of halogens is 1. The molecule has 1 aromatic heterocycles. The van der Waals surface area contributed by atoms with Gasteiger partial charge >= 0.3 is 0 Å². The molecule has 1 aromatic rings. The molecule has 0 saturated carbocycles. The van der Waals surface area contributed by atoms with Gasteiger partial charge in [-0.3, -0.25) is 0 Å². The van der Waals surface area contributed by atoms with Crippen molar-refractivity contribution in [3.8, 4) is 0 Å². The average Bonchev–Trinajstić information content (AvgIpc) is 2.17. The van der Waals surface area contributed by atoms with Gasteiger partial charge in [-0.1, -0.05) is 11.6 Å². The third kappa shape index (κ3) is 3.23. The van der Waals surface area contributed by atoms with Crippen molar-refractivity contribution in [1.82, 2.24) is 4.98 Å². The van der Waals surface area contributed by atoms with E-state index in [1.54, 1.807) is 11.0 Å². The normalized spacial score (nSPS) is 10.3. The molecular weight excluding hydrogens is 218 g/mol. The number of nitrogens with two attached hydrogens (primary N) is 1. The van der Waals surface area contributed by atoms with Crippen molar-refractivity contribution in [2.24, 2.45) is 0 Å². The first-order valence-corrected chi connectivity index (χ1v) is 4.94. The lowest BCUT2D eigenvalue weighted by Crippen LogP contribution is -2.31. The molecule has 4 N–H and O–H groups in total. The van der Waals surface area contributed by atoms with Crippen LogP contribution in [0, 0.1) is 0 Å². The highest BCUT2D eigenvalue weighted by atomic mass is 35.5. The number of aliphatic hydroxyl groups excluding tert-OH is 2. The maximum atomic E-state index is 8.85. The van der Waals surface area contributed by atoms with Crippen LogP contribution in [-0.4, -0.2) is 41.5 Å². The monoisotopic (exact) mass is 231 g/mol. The van der Waals surface area contributed by atoms with Crippen molar-refractivity contribution >= 4 is 23.1 Å². The Morgan fingerprint density at radius 2 is 1.93 bits per heavy atom. The molecule has 1 rings (SSSR count). The van der Waals surface area contributed by atoms with E-state index >= 15 is 0 Å². The molecule has 84 valence electrons. The lowest BCUT2D eigenvalue weighted by molar-refractivity contribution is 0.281. The zero-order chi connectivity index (χ0) is 11.3. The highest BCUT2D eigenvalue weighted by molar-refractivity contribution is 6.30. The second-order valence-electron chi connectivity index (χ2n) is 3.00. The lowest BCUT2D eigenvalue weighted by Gasteiger charge is -2.22. The van der Waals surface area contributed by atoms with E-state index in [0.717, 1.165) is 0 Å². The summed E-state index contributed by atoms with van der Waals surface area (Å²) in [5.74, 6) is 0.530. The Balaban J connectivity index is 2.89. The van der Waals surface area contributed by atoms with E-state index in [4.69, 9.17) is 27.5 Å². The molecule has 0 saturated heterocycles. The van der Waals surface area contributed by atoms with Crippen LogP contribution in [0.4, 0.5) is 11.5 Å². The van der Waals surface area contributed by atoms with Gasteiger partial charge in [0.05, 0.1) is 23.9 Å². The minimum absolute atomic E-state index is 0.0241. The first kappa shape index (κ1) is 12.0. The molecule has 15 heavy (non-hydrogen) atoms. The molecule has 0 bridgehead atoms. The van der Waals surface area contributed by atoms with Crippen LogP contribution in [0.15, 0.2) is 12.3 Å². The summed E-state index contributed by atoms with van der Waals surface area (Å²) < 4.78 is 0. The number of nitrogen functional groups attached to an aromatic ring is 1. The standard InChI is InChI=1S/C9H14ClN3O2/c10-7-5-8(11)9(12-6-7)13(1-3-14)2-4-15/h5-6,14-15H,1-4,11H2. The second kappa shape index (κ2) is 5.75. The van der Waals surface area contributed by atoms with E-state index < -0.39 is 0 Å². The van der Waals surface area contributed by atoms with E-state index in [-0.39, 0.29) is 13.2 Å². The van der Waals surface area contributed by atoms with Crippen LogP contribution in [0.1, 0.15) is 0 Å². The highest BCUT2D eigenvalue weighted by Crippen LogP contribution is 2.22. The number of rotatable bonds is 5. The maximum absolute atomic E-state index is 8.85. The fraction of sp³-hybridized carbons (Fsp3) is 0.444. The average molecular weight is 232 g/mol. The first-order valence-electron chi connectivity index (χ1n) is 4.56. The summed E-state index contributed by atoms with van der Waals surface area (Å²) in [4.78, 5) is 5.76. The molecule has 0 aliphatic carbocycles. The van der Waals surface area contributed by atoms with E-state index in [1.165, 1.54) is 6.20 Å². The summed E-state index contributed by atoms with van der Waals surface area (Å²) >= 11 is 5.72. The molecule has 0 spiro atoms. The fourth-order valence-corrected chi connectivity index (χ4v) is 1.44.